The Morgan fingerprint density at radius 2 is 2.08 bits per heavy atom. The van der Waals surface area contributed by atoms with E-state index in [-0.39, 0.29) is 36.3 Å². The third kappa shape index (κ3) is 6.60. The van der Waals surface area contributed by atoms with E-state index in [1.165, 1.54) is 12.4 Å². The van der Waals surface area contributed by atoms with E-state index in [2.05, 4.69) is 15.3 Å². The molecule has 0 saturated heterocycles. The Morgan fingerprint density at radius 3 is 2.69 bits per heavy atom. The van der Waals surface area contributed by atoms with Crippen molar-refractivity contribution in [3.8, 4) is 5.75 Å². The minimum Gasteiger partial charge on any atom is -0.492 e. The number of imidazole rings is 1. The van der Waals surface area contributed by atoms with Crippen molar-refractivity contribution < 1.29 is 13.5 Å². The molecule has 1 heterocycles. The molecule has 0 aliphatic carbocycles. The number of aliphatic imine (C=N–C) groups is 1. The summed E-state index contributed by atoms with van der Waals surface area (Å²) < 4.78 is 32.1. The van der Waals surface area contributed by atoms with Gasteiger partial charge in [0.2, 0.25) is 0 Å². The summed E-state index contributed by atoms with van der Waals surface area (Å²) in [5, 5.41) is 3.66. The standard InChI is InChI=1S/C16H20ClF2N5O.HI/c1-20-16(22-11-14-21-7-8-24(14)15(18)19)23(2)9-10-25-13-5-3-12(17)4-6-13;/h3-8,15H,9-11H2,1-2H3,(H,20,22);1H. The van der Waals surface area contributed by atoms with Crippen LogP contribution in [0.1, 0.15) is 12.4 Å². The number of hydrogen-bond acceptors (Lipinski definition) is 3. The van der Waals surface area contributed by atoms with Crippen molar-refractivity contribution in [3.05, 3.63) is 47.5 Å². The molecule has 0 radical (unpaired) electrons. The first-order valence-electron chi connectivity index (χ1n) is 7.61. The molecule has 2 rings (SSSR count). The monoisotopic (exact) mass is 499 g/mol. The lowest BCUT2D eigenvalue weighted by molar-refractivity contribution is 0.0668. The predicted octanol–water partition coefficient (Wildman–Crippen LogP) is 3.64. The van der Waals surface area contributed by atoms with Crippen LogP contribution in [0.3, 0.4) is 0 Å². The van der Waals surface area contributed by atoms with Crippen LogP contribution in [0.15, 0.2) is 41.7 Å². The van der Waals surface area contributed by atoms with Gasteiger partial charge in [0, 0.05) is 31.5 Å². The number of alkyl halides is 2. The lowest BCUT2D eigenvalue weighted by Crippen LogP contribution is -2.40. The number of nitrogens with one attached hydrogen (secondary N) is 1. The van der Waals surface area contributed by atoms with E-state index in [0.717, 1.165) is 10.3 Å². The summed E-state index contributed by atoms with van der Waals surface area (Å²) in [6.07, 6.45) is 2.59. The maximum absolute atomic E-state index is 12.8. The summed E-state index contributed by atoms with van der Waals surface area (Å²) in [6, 6.07) is 7.09. The minimum atomic E-state index is -2.62. The van der Waals surface area contributed by atoms with Gasteiger partial charge in [-0.05, 0) is 24.3 Å². The van der Waals surface area contributed by atoms with Gasteiger partial charge in [-0.1, -0.05) is 11.6 Å². The fraction of sp³-hybridized carbons (Fsp3) is 0.375. The molecule has 0 amide bonds. The summed E-state index contributed by atoms with van der Waals surface area (Å²) in [5.74, 6) is 1.52. The molecule has 1 aromatic carbocycles. The number of halogens is 4. The Labute approximate surface area is 173 Å². The van der Waals surface area contributed by atoms with E-state index in [0.29, 0.717) is 24.1 Å². The second-order valence-corrected chi connectivity index (χ2v) is 5.59. The van der Waals surface area contributed by atoms with Gasteiger partial charge < -0.3 is 15.0 Å². The quantitative estimate of drug-likeness (QED) is 0.359. The minimum absolute atomic E-state index is 0. The first-order chi connectivity index (χ1) is 12.0. The third-order valence-corrected chi connectivity index (χ3v) is 3.70. The molecule has 0 aliphatic heterocycles. The number of guanidine groups is 1. The zero-order valence-corrected chi connectivity index (χ0v) is 17.5. The van der Waals surface area contributed by atoms with Gasteiger partial charge in [-0.3, -0.25) is 9.56 Å². The number of hydrogen-bond donors (Lipinski definition) is 1. The number of nitrogens with zero attached hydrogens (tertiary/aromatic N) is 4. The Balaban J connectivity index is 0.00000338. The van der Waals surface area contributed by atoms with Gasteiger partial charge in [0.1, 0.15) is 18.2 Å². The van der Waals surface area contributed by atoms with Gasteiger partial charge in [-0.2, -0.15) is 8.78 Å². The lowest BCUT2D eigenvalue weighted by Gasteiger charge is -2.22. The molecule has 6 nitrogen and oxygen atoms in total. The molecule has 26 heavy (non-hydrogen) atoms. The molecule has 10 heteroatoms. The summed E-state index contributed by atoms with van der Waals surface area (Å²) in [4.78, 5) is 9.90. The van der Waals surface area contributed by atoms with Crippen LogP contribution in [-0.4, -0.2) is 47.7 Å². The number of benzene rings is 1. The van der Waals surface area contributed by atoms with E-state index in [1.54, 1.807) is 31.3 Å². The maximum atomic E-state index is 12.8. The molecule has 0 aliphatic rings. The average molecular weight is 500 g/mol. The van der Waals surface area contributed by atoms with Gasteiger partial charge in [0.25, 0.3) is 0 Å². The van der Waals surface area contributed by atoms with Crippen LogP contribution in [0.5, 0.6) is 5.75 Å². The highest BCUT2D eigenvalue weighted by atomic mass is 127. The SMILES string of the molecule is CN=C(NCc1nccn1C(F)F)N(C)CCOc1ccc(Cl)cc1.I. The van der Waals surface area contributed by atoms with Gasteiger partial charge in [0.15, 0.2) is 5.96 Å². The Kier molecular flexibility index (Phi) is 9.63. The topological polar surface area (TPSA) is 54.7 Å². The summed E-state index contributed by atoms with van der Waals surface area (Å²) in [5.41, 5.74) is 0. The van der Waals surface area contributed by atoms with E-state index < -0.39 is 6.55 Å². The van der Waals surface area contributed by atoms with Crippen LogP contribution >= 0.6 is 35.6 Å². The maximum Gasteiger partial charge on any atom is 0.319 e. The van der Waals surface area contributed by atoms with Gasteiger partial charge in [-0.15, -0.1) is 24.0 Å². The highest BCUT2D eigenvalue weighted by Crippen LogP contribution is 2.15. The highest BCUT2D eigenvalue weighted by molar-refractivity contribution is 14.0. The van der Waals surface area contributed by atoms with Crippen molar-refractivity contribution in [3.63, 3.8) is 0 Å². The van der Waals surface area contributed by atoms with Crippen LogP contribution in [0.25, 0.3) is 0 Å². The number of rotatable bonds is 7. The average Bonchev–Trinajstić information content (AvgIpc) is 3.06. The Bertz CT molecular complexity index is 696. The van der Waals surface area contributed by atoms with Gasteiger partial charge in [-0.25, -0.2) is 4.98 Å². The fourth-order valence-corrected chi connectivity index (χ4v) is 2.26. The van der Waals surface area contributed by atoms with Gasteiger partial charge >= 0.3 is 6.55 Å². The third-order valence-electron chi connectivity index (χ3n) is 3.45. The van der Waals surface area contributed by atoms with E-state index in [4.69, 9.17) is 16.3 Å². The van der Waals surface area contributed by atoms with Crippen molar-refractivity contribution in [2.75, 3.05) is 27.2 Å². The van der Waals surface area contributed by atoms with E-state index in [9.17, 15) is 8.78 Å². The van der Waals surface area contributed by atoms with Crippen LogP contribution < -0.4 is 10.1 Å². The smallest absolute Gasteiger partial charge is 0.319 e. The largest absolute Gasteiger partial charge is 0.492 e. The Morgan fingerprint density at radius 1 is 1.38 bits per heavy atom. The second-order valence-electron chi connectivity index (χ2n) is 5.15. The van der Waals surface area contributed by atoms with Crippen molar-refractivity contribution in [2.24, 2.45) is 4.99 Å². The van der Waals surface area contributed by atoms with Crippen LogP contribution in [0, 0.1) is 0 Å². The van der Waals surface area contributed by atoms with Crippen molar-refractivity contribution >= 4 is 41.5 Å². The first-order valence-corrected chi connectivity index (χ1v) is 7.99. The van der Waals surface area contributed by atoms with E-state index >= 15 is 0 Å². The Hall–Kier alpha value is -1.62. The molecule has 0 saturated carbocycles. The van der Waals surface area contributed by atoms with Gasteiger partial charge in [0.05, 0.1) is 13.1 Å². The molecule has 144 valence electrons. The van der Waals surface area contributed by atoms with E-state index in [1.807, 2.05) is 11.9 Å². The van der Waals surface area contributed by atoms with Crippen LogP contribution in [0.2, 0.25) is 5.02 Å². The summed E-state index contributed by atoms with van der Waals surface area (Å²) >= 11 is 5.82. The van der Waals surface area contributed by atoms with Crippen LogP contribution in [-0.2, 0) is 6.54 Å². The first kappa shape index (κ1) is 22.4. The molecule has 1 N–H and O–H groups in total. The molecular formula is C16H21ClF2IN5O. The van der Waals surface area contributed by atoms with Crippen molar-refractivity contribution in [2.45, 2.75) is 13.1 Å². The molecule has 0 atom stereocenters. The predicted molar refractivity (Wildman–Crippen MR) is 109 cm³/mol. The lowest BCUT2D eigenvalue weighted by atomic mass is 10.3. The normalized spacial score (nSPS) is 11.2. The fourth-order valence-electron chi connectivity index (χ4n) is 2.14. The number of likely N-dealkylation sites (N-methyl/N-ethyl adjacent to an activating group) is 1. The molecule has 1 aromatic heterocycles. The van der Waals surface area contributed by atoms with Crippen LogP contribution in [0.4, 0.5) is 8.78 Å². The second kappa shape index (κ2) is 11.2. The highest BCUT2D eigenvalue weighted by Gasteiger charge is 2.12. The number of ether oxygens (including phenoxy) is 1. The summed E-state index contributed by atoms with van der Waals surface area (Å²) in [6.45, 7) is -1.48. The molecule has 0 unspecified atom stereocenters. The molecule has 0 fully saturated rings. The molecule has 0 spiro atoms. The zero-order chi connectivity index (χ0) is 18.2. The zero-order valence-electron chi connectivity index (χ0n) is 14.4. The molecule has 0 bridgehead atoms. The number of aromatic nitrogens is 2. The molecular weight excluding hydrogens is 479 g/mol. The van der Waals surface area contributed by atoms with Crippen molar-refractivity contribution in [1.82, 2.24) is 19.8 Å². The molecule has 2 aromatic rings. The summed E-state index contributed by atoms with van der Waals surface area (Å²) in [7, 11) is 3.46. The van der Waals surface area contributed by atoms with Crippen molar-refractivity contribution in [1.29, 1.82) is 0 Å².